The zero-order valence-corrected chi connectivity index (χ0v) is 9.86. The fourth-order valence-corrected chi connectivity index (χ4v) is 1.64. The van der Waals surface area contributed by atoms with Crippen LogP contribution in [0.3, 0.4) is 0 Å². The SMILES string of the molecule is CC(C)N=C(NN)N1CCCOC(C)C1. The van der Waals surface area contributed by atoms with E-state index in [1.807, 2.05) is 13.8 Å². The van der Waals surface area contributed by atoms with Crippen molar-refractivity contribution >= 4 is 5.96 Å². The maximum Gasteiger partial charge on any atom is 0.208 e. The van der Waals surface area contributed by atoms with Crippen LogP contribution in [0.2, 0.25) is 0 Å². The van der Waals surface area contributed by atoms with Gasteiger partial charge in [0.2, 0.25) is 5.96 Å². The molecule has 5 nitrogen and oxygen atoms in total. The van der Waals surface area contributed by atoms with Crippen molar-refractivity contribution in [1.29, 1.82) is 0 Å². The van der Waals surface area contributed by atoms with E-state index in [2.05, 4.69) is 22.2 Å². The van der Waals surface area contributed by atoms with Crippen molar-refractivity contribution < 1.29 is 4.74 Å². The van der Waals surface area contributed by atoms with Crippen molar-refractivity contribution in [2.75, 3.05) is 19.7 Å². The second kappa shape index (κ2) is 5.92. The van der Waals surface area contributed by atoms with Crippen LogP contribution in [-0.4, -0.2) is 42.7 Å². The lowest BCUT2D eigenvalue weighted by atomic mass is 10.3. The number of hydrogen-bond acceptors (Lipinski definition) is 3. The summed E-state index contributed by atoms with van der Waals surface area (Å²) in [6, 6.07) is 0.246. The standard InChI is InChI=1S/C10H22N4O/c1-8(2)12-10(13-11)14-5-4-6-15-9(3)7-14/h8-9H,4-7,11H2,1-3H3,(H,12,13). The highest BCUT2D eigenvalue weighted by molar-refractivity contribution is 5.79. The maximum absolute atomic E-state index is 5.57. The number of rotatable bonds is 1. The fourth-order valence-electron chi connectivity index (χ4n) is 1.64. The molecule has 15 heavy (non-hydrogen) atoms. The summed E-state index contributed by atoms with van der Waals surface area (Å²) < 4.78 is 5.57. The summed E-state index contributed by atoms with van der Waals surface area (Å²) in [5, 5.41) is 0. The zero-order chi connectivity index (χ0) is 11.3. The highest BCUT2D eigenvalue weighted by atomic mass is 16.5. The van der Waals surface area contributed by atoms with Crippen LogP contribution in [0, 0.1) is 0 Å². The number of nitrogens with one attached hydrogen (secondary N) is 1. The van der Waals surface area contributed by atoms with Gasteiger partial charge in [-0.3, -0.25) is 5.43 Å². The van der Waals surface area contributed by atoms with Crippen molar-refractivity contribution in [1.82, 2.24) is 10.3 Å². The van der Waals surface area contributed by atoms with Crippen molar-refractivity contribution in [2.45, 2.75) is 39.3 Å². The Hall–Kier alpha value is -0.810. The minimum absolute atomic E-state index is 0.234. The molecule has 1 rings (SSSR count). The first kappa shape index (κ1) is 12.3. The first-order valence-electron chi connectivity index (χ1n) is 5.54. The Morgan fingerprint density at radius 3 is 2.93 bits per heavy atom. The largest absolute Gasteiger partial charge is 0.377 e. The van der Waals surface area contributed by atoms with Gasteiger partial charge in [-0.2, -0.15) is 0 Å². The van der Waals surface area contributed by atoms with Crippen LogP contribution in [0.15, 0.2) is 4.99 Å². The van der Waals surface area contributed by atoms with Gasteiger partial charge in [-0.05, 0) is 27.2 Å². The summed E-state index contributed by atoms with van der Waals surface area (Å²) >= 11 is 0. The third-order valence-electron chi connectivity index (χ3n) is 2.26. The molecule has 0 spiro atoms. The van der Waals surface area contributed by atoms with Crippen molar-refractivity contribution in [2.24, 2.45) is 10.8 Å². The molecule has 1 saturated heterocycles. The van der Waals surface area contributed by atoms with Crippen LogP contribution in [0.1, 0.15) is 27.2 Å². The second-order valence-electron chi connectivity index (χ2n) is 4.17. The highest BCUT2D eigenvalue weighted by Crippen LogP contribution is 2.05. The molecule has 0 aromatic carbocycles. The summed E-state index contributed by atoms with van der Waals surface area (Å²) in [6.07, 6.45) is 1.25. The van der Waals surface area contributed by atoms with Crippen molar-refractivity contribution in [3.63, 3.8) is 0 Å². The van der Waals surface area contributed by atoms with E-state index < -0.39 is 0 Å². The van der Waals surface area contributed by atoms with Gasteiger partial charge in [0.05, 0.1) is 6.10 Å². The Balaban J connectivity index is 2.65. The molecule has 1 atom stereocenters. The molecule has 0 saturated carbocycles. The average Bonchev–Trinajstić information content (AvgIpc) is 2.39. The van der Waals surface area contributed by atoms with Gasteiger partial charge in [0.15, 0.2) is 0 Å². The molecule has 0 bridgehead atoms. The molecule has 1 unspecified atom stereocenters. The predicted octanol–water partition coefficient (Wildman–Crippen LogP) is 0.325. The molecule has 3 N–H and O–H groups in total. The number of guanidine groups is 1. The molecule has 0 amide bonds. The molecule has 0 aliphatic carbocycles. The van der Waals surface area contributed by atoms with E-state index >= 15 is 0 Å². The van der Waals surface area contributed by atoms with E-state index in [1.165, 1.54) is 0 Å². The van der Waals surface area contributed by atoms with Gasteiger partial charge in [0.25, 0.3) is 0 Å². The number of hydrogen-bond donors (Lipinski definition) is 2. The molecule has 88 valence electrons. The number of hydrazine groups is 1. The molecule has 0 aromatic rings. The Bertz CT molecular complexity index is 217. The van der Waals surface area contributed by atoms with Crippen LogP contribution >= 0.6 is 0 Å². The molecule has 0 radical (unpaired) electrons. The Morgan fingerprint density at radius 2 is 2.33 bits per heavy atom. The fraction of sp³-hybridized carbons (Fsp3) is 0.900. The van der Waals surface area contributed by atoms with E-state index in [0.717, 1.165) is 32.1 Å². The number of ether oxygens (including phenoxy) is 1. The lowest BCUT2D eigenvalue weighted by Gasteiger charge is -2.25. The lowest BCUT2D eigenvalue weighted by molar-refractivity contribution is 0.0740. The van der Waals surface area contributed by atoms with Gasteiger partial charge in [0.1, 0.15) is 0 Å². The minimum atomic E-state index is 0.234. The number of nitrogens with two attached hydrogens (primary N) is 1. The van der Waals surface area contributed by atoms with Crippen molar-refractivity contribution in [3.05, 3.63) is 0 Å². The Kier molecular flexibility index (Phi) is 4.84. The minimum Gasteiger partial charge on any atom is -0.377 e. The number of nitrogens with zero attached hydrogens (tertiary/aromatic N) is 2. The van der Waals surface area contributed by atoms with E-state index in [9.17, 15) is 0 Å². The summed E-state index contributed by atoms with van der Waals surface area (Å²) in [7, 11) is 0. The molecule has 0 aromatic heterocycles. The van der Waals surface area contributed by atoms with E-state index in [1.54, 1.807) is 0 Å². The maximum atomic E-state index is 5.57. The molecule has 1 fully saturated rings. The first-order chi connectivity index (χ1) is 7.13. The monoisotopic (exact) mass is 214 g/mol. The van der Waals surface area contributed by atoms with Crippen molar-refractivity contribution in [3.8, 4) is 0 Å². The topological polar surface area (TPSA) is 62.9 Å². The van der Waals surface area contributed by atoms with Crippen LogP contribution in [0.4, 0.5) is 0 Å². The van der Waals surface area contributed by atoms with Gasteiger partial charge in [0, 0.05) is 25.7 Å². The average molecular weight is 214 g/mol. The zero-order valence-electron chi connectivity index (χ0n) is 9.86. The lowest BCUT2D eigenvalue weighted by Crippen LogP contribution is -2.47. The van der Waals surface area contributed by atoms with Gasteiger partial charge in [-0.25, -0.2) is 10.8 Å². The van der Waals surface area contributed by atoms with E-state index in [0.29, 0.717) is 0 Å². The summed E-state index contributed by atoms with van der Waals surface area (Å²) in [5.41, 5.74) is 2.67. The Morgan fingerprint density at radius 1 is 1.60 bits per heavy atom. The van der Waals surface area contributed by atoms with Gasteiger partial charge >= 0.3 is 0 Å². The van der Waals surface area contributed by atoms with Gasteiger partial charge < -0.3 is 9.64 Å². The number of aliphatic imine (C=N–C) groups is 1. The molecule has 1 aliphatic rings. The molecular formula is C10H22N4O. The van der Waals surface area contributed by atoms with Gasteiger partial charge in [-0.15, -0.1) is 0 Å². The van der Waals surface area contributed by atoms with Crippen LogP contribution < -0.4 is 11.3 Å². The predicted molar refractivity (Wildman–Crippen MR) is 61.5 cm³/mol. The molecular weight excluding hydrogens is 192 g/mol. The Labute approximate surface area is 91.6 Å². The smallest absolute Gasteiger partial charge is 0.208 e. The first-order valence-corrected chi connectivity index (χ1v) is 5.54. The molecule has 5 heteroatoms. The third kappa shape index (κ3) is 4.05. The molecule has 1 heterocycles. The van der Waals surface area contributed by atoms with Crippen LogP contribution in [0.5, 0.6) is 0 Å². The van der Waals surface area contributed by atoms with Crippen LogP contribution in [-0.2, 0) is 4.74 Å². The molecule has 1 aliphatic heterocycles. The summed E-state index contributed by atoms with van der Waals surface area (Å²) in [6.45, 7) is 8.75. The third-order valence-corrected chi connectivity index (χ3v) is 2.26. The quantitative estimate of drug-likeness (QED) is 0.286. The summed E-state index contributed by atoms with van der Waals surface area (Å²) in [5.74, 6) is 6.25. The van der Waals surface area contributed by atoms with E-state index in [-0.39, 0.29) is 12.1 Å². The summed E-state index contributed by atoms with van der Waals surface area (Å²) in [4.78, 5) is 6.60. The van der Waals surface area contributed by atoms with E-state index in [4.69, 9.17) is 10.6 Å². The van der Waals surface area contributed by atoms with Crippen LogP contribution in [0.25, 0.3) is 0 Å². The highest BCUT2D eigenvalue weighted by Gasteiger charge is 2.17. The second-order valence-corrected chi connectivity index (χ2v) is 4.17. The van der Waals surface area contributed by atoms with Gasteiger partial charge in [-0.1, -0.05) is 0 Å². The normalized spacial score (nSPS) is 24.2.